The maximum absolute atomic E-state index is 13.4. The molecule has 27 heavy (non-hydrogen) atoms. The molecule has 0 radical (unpaired) electrons. The molecule has 1 amide bonds. The zero-order chi connectivity index (χ0) is 19.0. The average molecular weight is 362 g/mol. The summed E-state index contributed by atoms with van der Waals surface area (Å²) in [4.78, 5) is 27.1. The third-order valence-electron chi connectivity index (χ3n) is 4.90. The summed E-state index contributed by atoms with van der Waals surface area (Å²) in [5.41, 5.74) is 2.94. The van der Waals surface area contributed by atoms with Crippen LogP contribution in [0.4, 0.5) is 10.1 Å². The highest BCUT2D eigenvalue weighted by molar-refractivity contribution is 6.07. The predicted molar refractivity (Wildman–Crippen MR) is 103 cm³/mol. The van der Waals surface area contributed by atoms with Crippen molar-refractivity contribution < 1.29 is 9.18 Å². The number of carbonyl (C=O) groups is 1. The summed E-state index contributed by atoms with van der Waals surface area (Å²) >= 11 is 0. The molecule has 0 bridgehead atoms. The molecular formula is C22H19FN2O2. The van der Waals surface area contributed by atoms with Gasteiger partial charge >= 0.3 is 0 Å². The zero-order valence-electron chi connectivity index (χ0n) is 14.9. The second-order valence-corrected chi connectivity index (χ2v) is 6.87. The maximum Gasteiger partial charge on any atom is 0.260 e. The van der Waals surface area contributed by atoms with Gasteiger partial charge in [-0.15, -0.1) is 0 Å². The first kappa shape index (κ1) is 17.2. The molecule has 0 spiro atoms. The predicted octanol–water partition coefficient (Wildman–Crippen LogP) is 3.63. The summed E-state index contributed by atoms with van der Waals surface area (Å²) in [6.07, 6.45) is 2.37. The summed E-state index contributed by atoms with van der Waals surface area (Å²) in [6.45, 7) is 2.23. The molecule has 4 rings (SSSR count). The first-order valence-corrected chi connectivity index (χ1v) is 8.89. The van der Waals surface area contributed by atoms with Crippen molar-refractivity contribution in [3.05, 3.63) is 99.7 Å². The fourth-order valence-electron chi connectivity index (χ4n) is 3.63. The largest absolute Gasteiger partial charge is 0.310 e. The van der Waals surface area contributed by atoms with Gasteiger partial charge in [0.05, 0.1) is 12.1 Å². The number of halogens is 1. The zero-order valence-corrected chi connectivity index (χ0v) is 14.9. The number of anilines is 1. The summed E-state index contributed by atoms with van der Waals surface area (Å²) in [5.74, 6) is -0.490. The maximum atomic E-state index is 13.4. The van der Waals surface area contributed by atoms with E-state index in [1.165, 1.54) is 22.8 Å². The van der Waals surface area contributed by atoms with E-state index in [1.54, 1.807) is 29.3 Å². The Morgan fingerprint density at radius 1 is 1.11 bits per heavy atom. The highest BCUT2D eigenvalue weighted by Gasteiger charge is 2.31. The molecule has 0 N–H and O–H groups in total. The Balaban J connectivity index is 1.67. The van der Waals surface area contributed by atoms with Gasteiger partial charge in [0.15, 0.2) is 0 Å². The topological polar surface area (TPSA) is 42.3 Å². The van der Waals surface area contributed by atoms with Crippen molar-refractivity contribution in [1.82, 2.24) is 4.57 Å². The van der Waals surface area contributed by atoms with Crippen molar-refractivity contribution in [3.63, 3.8) is 0 Å². The van der Waals surface area contributed by atoms with E-state index >= 15 is 0 Å². The van der Waals surface area contributed by atoms with Crippen LogP contribution in [0.2, 0.25) is 0 Å². The molecule has 2 aromatic carbocycles. The number of fused-ring (bicyclic) bond motifs is 1. The van der Waals surface area contributed by atoms with Gasteiger partial charge in [-0.2, -0.15) is 0 Å². The molecule has 4 nitrogen and oxygen atoms in total. The van der Waals surface area contributed by atoms with Crippen LogP contribution in [0.1, 0.15) is 28.4 Å². The Kier molecular flexibility index (Phi) is 4.36. The van der Waals surface area contributed by atoms with E-state index in [4.69, 9.17) is 0 Å². The monoisotopic (exact) mass is 362 g/mol. The Bertz CT molecular complexity index is 1070. The van der Waals surface area contributed by atoms with Crippen LogP contribution in [0.3, 0.4) is 0 Å². The molecule has 1 aliphatic rings. The quantitative estimate of drug-likeness (QED) is 0.714. The van der Waals surface area contributed by atoms with Crippen molar-refractivity contribution in [2.75, 3.05) is 4.90 Å². The minimum Gasteiger partial charge on any atom is -0.310 e. The lowest BCUT2D eigenvalue weighted by atomic mass is 10.1. The molecular weight excluding hydrogens is 343 g/mol. The highest BCUT2D eigenvalue weighted by atomic mass is 19.1. The average Bonchev–Trinajstić information content (AvgIpc) is 2.98. The van der Waals surface area contributed by atoms with Crippen LogP contribution in [-0.4, -0.2) is 16.5 Å². The van der Waals surface area contributed by atoms with Crippen LogP contribution in [0.15, 0.2) is 71.7 Å². The lowest BCUT2D eigenvalue weighted by Gasteiger charge is -2.23. The van der Waals surface area contributed by atoms with Crippen molar-refractivity contribution >= 4 is 11.6 Å². The Hall–Kier alpha value is -3.21. The van der Waals surface area contributed by atoms with Crippen LogP contribution >= 0.6 is 0 Å². The smallest absolute Gasteiger partial charge is 0.260 e. The van der Waals surface area contributed by atoms with Crippen LogP contribution < -0.4 is 10.5 Å². The molecule has 5 heteroatoms. The number of amides is 1. The fraction of sp³-hybridized carbons (Fsp3) is 0.182. The molecule has 1 aromatic heterocycles. The van der Waals surface area contributed by atoms with Gasteiger partial charge in [-0.1, -0.05) is 30.3 Å². The summed E-state index contributed by atoms with van der Waals surface area (Å²) in [5, 5.41) is 0. The van der Waals surface area contributed by atoms with E-state index in [0.717, 1.165) is 17.7 Å². The van der Waals surface area contributed by atoms with E-state index in [1.807, 2.05) is 31.2 Å². The first-order chi connectivity index (χ1) is 13.0. The number of carbonyl (C=O) groups excluding carboxylic acids is 1. The second kappa shape index (κ2) is 6.83. The number of aromatic nitrogens is 1. The Morgan fingerprint density at radius 2 is 1.93 bits per heavy atom. The third-order valence-corrected chi connectivity index (χ3v) is 4.90. The van der Waals surface area contributed by atoms with E-state index < -0.39 is 0 Å². The van der Waals surface area contributed by atoms with Crippen molar-refractivity contribution in [1.29, 1.82) is 0 Å². The Morgan fingerprint density at radius 3 is 2.74 bits per heavy atom. The molecule has 0 saturated heterocycles. The second-order valence-electron chi connectivity index (χ2n) is 6.87. The minimum atomic E-state index is -0.352. The fourth-order valence-corrected chi connectivity index (χ4v) is 3.63. The molecule has 3 aromatic rings. The van der Waals surface area contributed by atoms with Gasteiger partial charge in [-0.3, -0.25) is 9.59 Å². The van der Waals surface area contributed by atoms with Gasteiger partial charge in [-0.05, 0) is 48.7 Å². The number of para-hydroxylation sites is 1. The standard InChI is InChI=1S/C22H19FN2O2/c1-15-11-17-6-2-3-8-20(17)25(15)22(27)18-9-10-21(26)24(14-18)13-16-5-4-7-19(23)12-16/h2-10,12,14-15H,11,13H2,1H3/t15-/m1/s1. The van der Waals surface area contributed by atoms with Crippen molar-refractivity contribution in [3.8, 4) is 0 Å². The van der Waals surface area contributed by atoms with Crippen LogP contribution in [0, 0.1) is 5.82 Å². The lowest BCUT2D eigenvalue weighted by Crippen LogP contribution is -2.36. The summed E-state index contributed by atoms with van der Waals surface area (Å²) in [6, 6.07) is 17.0. The van der Waals surface area contributed by atoms with Crippen molar-refractivity contribution in [2.24, 2.45) is 0 Å². The molecule has 136 valence electrons. The molecule has 0 saturated carbocycles. The third kappa shape index (κ3) is 3.28. The molecule has 1 atom stereocenters. The van der Waals surface area contributed by atoms with E-state index in [2.05, 4.69) is 0 Å². The van der Waals surface area contributed by atoms with Gasteiger partial charge in [0, 0.05) is 24.0 Å². The van der Waals surface area contributed by atoms with Gasteiger partial charge in [0.25, 0.3) is 11.5 Å². The normalized spacial score (nSPS) is 15.6. The number of hydrogen-bond donors (Lipinski definition) is 0. The number of pyridine rings is 1. The summed E-state index contributed by atoms with van der Waals surface area (Å²) < 4.78 is 14.9. The molecule has 0 fully saturated rings. The number of nitrogens with zero attached hydrogens (tertiary/aromatic N) is 2. The minimum absolute atomic E-state index is 0.0542. The number of hydrogen-bond acceptors (Lipinski definition) is 2. The lowest BCUT2D eigenvalue weighted by molar-refractivity contribution is 0.0980. The highest BCUT2D eigenvalue weighted by Crippen LogP contribution is 2.32. The van der Waals surface area contributed by atoms with Gasteiger partial charge in [-0.25, -0.2) is 4.39 Å². The van der Waals surface area contributed by atoms with E-state index in [-0.39, 0.29) is 29.9 Å². The number of rotatable bonds is 3. The van der Waals surface area contributed by atoms with Crippen LogP contribution in [0.25, 0.3) is 0 Å². The van der Waals surface area contributed by atoms with Gasteiger partial charge < -0.3 is 9.47 Å². The SMILES string of the molecule is C[C@@H]1Cc2ccccc2N1C(=O)c1ccc(=O)n(Cc2cccc(F)c2)c1. The van der Waals surface area contributed by atoms with Gasteiger partial charge in [0.1, 0.15) is 5.82 Å². The molecule has 1 aliphatic heterocycles. The van der Waals surface area contributed by atoms with Crippen LogP contribution in [0.5, 0.6) is 0 Å². The summed E-state index contributed by atoms with van der Waals surface area (Å²) in [7, 11) is 0. The van der Waals surface area contributed by atoms with Crippen LogP contribution in [-0.2, 0) is 13.0 Å². The number of benzene rings is 2. The van der Waals surface area contributed by atoms with Gasteiger partial charge in [0.2, 0.25) is 0 Å². The molecule has 0 aliphatic carbocycles. The first-order valence-electron chi connectivity index (χ1n) is 8.89. The Labute approximate surface area is 156 Å². The van der Waals surface area contributed by atoms with E-state index in [0.29, 0.717) is 11.1 Å². The van der Waals surface area contributed by atoms with E-state index in [9.17, 15) is 14.0 Å². The molecule has 2 heterocycles. The molecule has 0 unspecified atom stereocenters. The van der Waals surface area contributed by atoms with Crippen molar-refractivity contribution in [2.45, 2.75) is 25.9 Å².